The van der Waals surface area contributed by atoms with Crippen LogP contribution in [0.25, 0.3) is 0 Å². The zero-order valence-electron chi connectivity index (χ0n) is 18.0. The van der Waals surface area contributed by atoms with Crippen molar-refractivity contribution in [2.75, 3.05) is 14.2 Å². The van der Waals surface area contributed by atoms with E-state index in [-0.39, 0.29) is 0 Å². The fourth-order valence-electron chi connectivity index (χ4n) is 4.83. The van der Waals surface area contributed by atoms with Gasteiger partial charge in [-0.05, 0) is 54.8 Å². The molecule has 0 bridgehead atoms. The smallest absolute Gasteiger partial charge is 0.161 e. The highest BCUT2D eigenvalue weighted by Crippen LogP contribution is 2.45. The van der Waals surface area contributed by atoms with Crippen molar-refractivity contribution in [3.8, 4) is 11.5 Å². The van der Waals surface area contributed by atoms with Crippen molar-refractivity contribution in [1.29, 1.82) is 0 Å². The van der Waals surface area contributed by atoms with Gasteiger partial charge in [-0.25, -0.2) is 0 Å². The number of rotatable bonds is 5. The van der Waals surface area contributed by atoms with Crippen LogP contribution in [-0.4, -0.2) is 26.0 Å². The van der Waals surface area contributed by atoms with Crippen LogP contribution >= 0.6 is 11.8 Å². The number of nitrogens with zero attached hydrogens (tertiary/aromatic N) is 1. The summed E-state index contributed by atoms with van der Waals surface area (Å²) < 4.78 is 11.3. The molecule has 3 aromatic rings. The average molecular weight is 430 g/mol. The fraction of sp³-hybridized carbons (Fsp3) is 0.296. The maximum absolute atomic E-state index is 5.64. The van der Waals surface area contributed by atoms with E-state index in [4.69, 9.17) is 14.5 Å². The number of fused-ring (bicyclic) bond motifs is 3. The first-order valence-electron chi connectivity index (χ1n) is 10.9. The van der Waals surface area contributed by atoms with Gasteiger partial charge < -0.3 is 9.47 Å². The van der Waals surface area contributed by atoms with Gasteiger partial charge in [0.1, 0.15) is 0 Å². The Labute approximate surface area is 188 Å². The van der Waals surface area contributed by atoms with E-state index in [9.17, 15) is 0 Å². The molecule has 0 saturated heterocycles. The van der Waals surface area contributed by atoms with Crippen LogP contribution in [0.3, 0.4) is 0 Å². The lowest BCUT2D eigenvalue weighted by Crippen LogP contribution is -2.29. The lowest BCUT2D eigenvalue weighted by Gasteiger charge is -2.35. The van der Waals surface area contributed by atoms with Crippen LogP contribution in [0, 0.1) is 0 Å². The second kappa shape index (κ2) is 8.80. The van der Waals surface area contributed by atoms with Gasteiger partial charge in [0.25, 0.3) is 0 Å². The van der Waals surface area contributed by atoms with Crippen LogP contribution in [0.15, 0.2) is 81.5 Å². The van der Waals surface area contributed by atoms with Crippen LogP contribution in [0.2, 0.25) is 0 Å². The minimum absolute atomic E-state index is 0.347. The molecule has 2 atom stereocenters. The van der Waals surface area contributed by atoms with Crippen LogP contribution < -0.4 is 9.47 Å². The molecule has 5 rings (SSSR count). The van der Waals surface area contributed by atoms with Gasteiger partial charge in [0.15, 0.2) is 11.5 Å². The Hall–Kier alpha value is -2.72. The Bertz CT molecular complexity index is 1110. The molecule has 158 valence electrons. The third-order valence-electron chi connectivity index (χ3n) is 6.32. The minimum atomic E-state index is 0.347. The lowest BCUT2D eigenvalue weighted by molar-refractivity contribution is 0.349. The summed E-state index contributed by atoms with van der Waals surface area (Å²) in [5, 5.41) is 0. The summed E-state index contributed by atoms with van der Waals surface area (Å²) in [6.07, 6.45) is 4.86. The van der Waals surface area contributed by atoms with Crippen LogP contribution in [0.5, 0.6) is 11.5 Å². The van der Waals surface area contributed by atoms with Gasteiger partial charge in [0, 0.05) is 26.8 Å². The zero-order valence-corrected chi connectivity index (χ0v) is 18.8. The standard InChI is InChI=1S/C27H27NO2S/c1-29-25-16-22-21-13-6-7-14-24(21)28-27(23(22)17-26(25)30-2)18-9-8-12-20(15-18)31-19-10-4-3-5-11-19/h3-5,8-12,15-17,21,24H,6-7,13-14H2,1-2H3. The zero-order chi connectivity index (χ0) is 21.2. The molecule has 0 N–H and O–H groups in total. The molecule has 3 aromatic carbocycles. The lowest BCUT2D eigenvalue weighted by atomic mass is 9.75. The van der Waals surface area contributed by atoms with Gasteiger partial charge in [-0.1, -0.05) is 54.9 Å². The second-order valence-corrected chi connectivity index (χ2v) is 9.32. The largest absolute Gasteiger partial charge is 0.493 e. The predicted molar refractivity (Wildman–Crippen MR) is 127 cm³/mol. The fourth-order valence-corrected chi connectivity index (χ4v) is 5.73. The highest BCUT2D eigenvalue weighted by molar-refractivity contribution is 7.99. The maximum Gasteiger partial charge on any atom is 0.161 e. The third kappa shape index (κ3) is 3.97. The van der Waals surface area contributed by atoms with Crippen molar-refractivity contribution >= 4 is 17.5 Å². The number of hydrogen-bond acceptors (Lipinski definition) is 4. The molecule has 0 radical (unpaired) electrons. The Kier molecular flexibility index (Phi) is 5.73. The van der Waals surface area contributed by atoms with Crippen molar-refractivity contribution in [2.24, 2.45) is 4.99 Å². The summed E-state index contributed by atoms with van der Waals surface area (Å²) in [5.41, 5.74) is 4.78. The van der Waals surface area contributed by atoms with E-state index in [1.54, 1.807) is 26.0 Å². The van der Waals surface area contributed by atoms with E-state index in [2.05, 4.69) is 66.7 Å². The Balaban J connectivity index is 1.59. The molecule has 0 amide bonds. The van der Waals surface area contributed by atoms with E-state index < -0.39 is 0 Å². The molecular formula is C27H27NO2S. The van der Waals surface area contributed by atoms with E-state index in [0.29, 0.717) is 12.0 Å². The minimum Gasteiger partial charge on any atom is -0.493 e. The molecule has 1 aliphatic heterocycles. The van der Waals surface area contributed by atoms with E-state index in [1.807, 2.05) is 0 Å². The molecule has 3 nitrogen and oxygen atoms in total. The SMILES string of the molecule is COc1cc2c(cc1OC)C1CCCCC1N=C2c1cccc(Sc2ccccc2)c1. The molecule has 1 aliphatic carbocycles. The van der Waals surface area contributed by atoms with Gasteiger partial charge in [-0.3, -0.25) is 4.99 Å². The number of hydrogen-bond donors (Lipinski definition) is 0. The van der Waals surface area contributed by atoms with Crippen LogP contribution in [0.4, 0.5) is 0 Å². The summed E-state index contributed by atoms with van der Waals surface area (Å²) in [6, 6.07) is 23.9. The van der Waals surface area contributed by atoms with Crippen LogP contribution in [-0.2, 0) is 0 Å². The first kappa shape index (κ1) is 20.2. The monoisotopic (exact) mass is 429 g/mol. The van der Waals surface area contributed by atoms with E-state index in [1.165, 1.54) is 45.7 Å². The average Bonchev–Trinajstić information content (AvgIpc) is 2.83. The molecule has 1 fully saturated rings. The third-order valence-corrected chi connectivity index (χ3v) is 7.32. The topological polar surface area (TPSA) is 30.8 Å². The highest BCUT2D eigenvalue weighted by atomic mass is 32.2. The molecular weight excluding hydrogens is 402 g/mol. The number of methoxy groups -OCH3 is 2. The number of aliphatic imine (C=N–C) groups is 1. The molecule has 2 aliphatic rings. The van der Waals surface area contributed by atoms with E-state index in [0.717, 1.165) is 23.6 Å². The van der Waals surface area contributed by atoms with Crippen molar-refractivity contribution in [2.45, 2.75) is 47.4 Å². The summed E-state index contributed by atoms with van der Waals surface area (Å²) >= 11 is 1.78. The Morgan fingerprint density at radius 1 is 0.806 bits per heavy atom. The first-order chi connectivity index (χ1) is 15.3. The quantitative estimate of drug-likeness (QED) is 0.450. The molecule has 4 heteroatoms. The predicted octanol–water partition coefficient (Wildman–Crippen LogP) is 6.73. The molecule has 2 unspecified atom stereocenters. The van der Waals surface area contributed by atoms with Gasteiger partial charge in [0.05, 0.1) is 26.0 Å². The first-order valence-corrected chi connectivity index (χ1v) is 11.8. The van der Waals surface area contributed by atoms with Gasteiger partial charge in [0.2, 0.25) is 0 Å². The van der Waals surface area contributed by atoms with Crippen LogP contribution in [0.1, 0.15) is 48.3 Å². The van der Waals surface area contributed by atoms with Crippen molar-refractivity contribution in [3.05, 3.63) is 83.4 Å². The number of benzene rings is 3. The normalized spacial score (nSPS) is 19.7. The molecule has 1 saturated carbocycles. The van der Waals surface area contributed by atoms with Crippen molar-refractivity contribution in [1.82, 2.24) is 0 Å². The van der Waals surface area contributed by atoms with E-state index >= 15 is 0 Å². The summed E-state index contributed by atoms with van der Waals surface area (Å²) in [5.74, 6) is 2.03. The van der Waals surface area contributed by atoms with Crippen molar-refractivity contribution < 1.29 is 9.47 Å². The molecule has 31 heavy (non-hydrogen) atoms. The van der Waals surface area contributed by atoms with Gasteiger partial charge in [-0.15, -0.1) is 0 Å². The maximum atomic E-state index is 5.64. The molecule has 0 aromatic heterocycles. The summed E-state index contributed by atoms with van der Waals surface area (Å²) in [6.45, 7) is 0. The molecule has 0 spiro atoms. The second-order valence-electron chi connectivity index (χ2n) is 8.17. The summed E-state index contributed by atoms with van der Waals surface area (Å²) in [4.78, 5) is 7.77. The Morgan fingerprint density at radius 2 is 1.55 bits per heavy atom. The van der Waals surface area contributed by atoms with Crippen molar-refractivity contribution in [3.63, 3.8) is 0 Å². The summed E-state index contributed by atoms with van der Waals surface area (Å²) in [7, 11) is 3.41. The van der Waals surface area contributed by atoms with Gasteiger partial charge >= 0.3 is 0 Å². The number of ether oxygens (including phenoxy) is 2. The molecule has 1 heterocycles. The highest BCUT2D eigenvalue weighted by Gasteiger charge is 2.34. The Morgan fingerprint density at radius 3 is 2.35 bits per heavy atom. The van der Waals surface area contributed by atoms with Gasteiger partial charge in [-0.2, -0.15) is 0 Å².